The summed E-state index contributed by atoms with van der Waals surface area (Å²) in [6.45, 7) is 30.9. The molecule has 107 heavy (non-hydrogen) atoms. The average Bonchev–Trinajstić information content (AvgIpc) is 0.670. The number of benzene rings is 9. The van der Waals surface area contributed by atoms with Gasteiger partial charge in [0.2, 0.25) is 11.8 Å². The van der Waals surface area contributed by atoms with Crippen molar-refractivity contribution in [1.29, 1.82) is 0 Å². The summed E-state index contributed by atoms with van der Waals surface area (Å²) in [5.41, 5.74) is 3.83. The molecule has 2 aliphatic heterocycles. The number of aromatic nitrogens is 1. The maximum Gasteiger partial charge on any atom is 0.262 e. The van der Waals surface area contributed by atoms with E-state index >= 15 is 28.8 Å². The molecule has 16 heteroatoms. The third-order valence-electron chi connectivity index (χ3n) is 21.7. The standard InChI is InChI=1S/C91H94N6O10/c1-15-52(42-45-92-14)80(82(98)94-58-22-18-16-19-23-58)96-84(100)64-48-68(104-60-34-26-54(27-35-60)88(2,3)4)74-76-70(106-62-38-30-56(31-39-62)90(8,9)10)50-66-73-67(87(103)97(86(66)102)81(53-43-46-93-47-44-53)83(99)95-59-24-20-17-21-25-59)51-71(107-63-40-32-57(33-41-63)91(11,12)13)77(79(73)76)75-69(49-65(85(96)101)72(64)78(74)75)105-61-36-28-55(29-37-61)89(5,6)7/h15,26-51,58-59,80-81H,14,16-25H2,1-13H3,(H,94,98)(H,95,99)/b45-42-,52-15+. The number of rotatable bonds is 18. The predicted octanol–water partition coefficient (Wildman–Crippen LogP) is 20.9. The van der Waals surface area contributed by atoms with E-state index in [1.54, 1.807) is 55.5 Å². The number of ether oxygens (including phenoxy) is 4. The first-order chi connectivity index (χ1) is 51.0. The average molecular weight is 1430 g/mol. The van der Waals surface area contributed by atoms with Crippen molar-refractivity contribution in [3.63, 3.8) is 0 Å². The van der Waals surface area contributed by atoms with Gasteiger partial charge < -0.3 is 29.6 Å². The third kappa shape index (κ3) is 13.9. The van der Waals surface area contributed by atoms with Crippen LogP contribution in [0.15, 0.2) is 175 Å². The lowest BCUT2D eigenvalue weighted by atomic mass is 9.80. The number of allylic oxidation sites excluding steroid dienone is 1. The molecule has 548 valence electrons. The van der Waals surface area contributed by atoms with Gasteiger partial charge in [0.15, 0.2) is 0 Å². The molecule has 10 aromatic rings. The Hall–Kier alpha value is -11.0. The maximum absolute atomic E-state index is 16.7. The summed E-state index contributed by atoms with van der Waals surface area (Å²) in [6, 6.07) is 37.3. The zero-order valence-corrected chi connectivity index (χ0v) is 63.5. The van der Waals surface area contributed by atoms with E-state index in [1.165, 1.54) is 18.6 Å². The highest BCUT2D eigenvalue weighted by Gasteiger charge is 2.48. The van der Waals surface area contributed by atoms with Gasteiger partial charge in [-0.25, -0.2) is 0 Å². The Morgan fingerprint density at radius 3 is 1.05 bits per heavy atom. The molecule has 0 bridgehead atoms. The summed E-state index contributed by atoms with van der Waals surface area (Å²) in [7, 11) is 0. The molecule has 2 N–H and O–H groups in total. The summed E-state index contributed by atoms with van der Waals surface area (Å²) in [5, 5.41) is 8.78. The Labute approximate surface area is 626 Å². The molecule has 4 aliphatic rings. The van der Waals surface area contributed by atoms with Crippen LogP contribution < -0.4 is 29.6 Å². The maximum atomic E-state index is 16.7. The lowest BCUT2D eigenvalue weighted by Crippen LogP contribution is -2.56. The number of nitrogens with zero attached hydrogens (tertiary/aromatic N) is 4. The largest absolute Gasteiger partial charge is 0.457 e. The summed E-state index contributed by atoms with van der Waals surface area (Å²) >= 11 is 0. The van der Waals surface area contributed by atoms with Gasteiger partial charge in [-0.2, -0.15) is 0 Å². The van der Waals surface area contributed by atoms with Gasteiger partial charge in [-0.3, -0.25) is 48.5 Å². The molecule has 9 aromatic carbocycles. The second kappa shape index (κ2) is 28.4. The number of carbonyl (C=O) groups is 6. The number of amides is 6. The quantitative estimate of drug-likeness (QED) is 0.0273. The normalized spacial score (nSPS) is 16.3. The lowest BCUT2D eigenvalue weighted by Gasteiger charge is -2.37. The minimum Gasteiger partial charge on any atom is -0.457 e. The van der Waals surface area contributed by atoms with Gasteiger partial charge >= 0.3 is 0 Å². The van der Waals surface area contributed by atoms with Gasteiger partial charge in [0.05, 0.1) is 22.3 Å². The highest BCUT2D eigenvalue weighted by Crippen LogP contribution is 2.59. The summed E-state index contributed by atoms with van der Waals surface area (Å²) in [5.74, 6) is -2.29. The minimum absolute atomic E-state index is 0.0166. The van der Waals surface area contributed by atoms with Crippen molar-refractivity contribution in [2.75, 3.05) is 0 Å². The first kappa shape index (κ1) is 72.9. The van der Waals surface area contributed by atoms with Crippen molar-refractivity contribution in [2.45, 2.75) is 200 Å². The van der Waals surface area contributed by atoms with Crippen LogP contribution in [-0.2, 0) is 31.2 Å². The fourth-order valence-electron chi connectivity index (χ4n) is 15.9. The SMILES string of the molecule is C=N/C=C\C(=C/C)C(C(=O)NC1CCCCC1)N1C(=O)c2cc(Oc3ccc(C(C)(C)C)cc3)c3c4c(Oc5ccc(C(C)(C)C)cc5)cc5c6c(cc(Oc7ccc(C(C)(C)C)cc7)c(c7c(Oc8ccc(C(C)(C)C)cc8)cc(c2c37)C1=O)c64)C(=O)N(C(C(=O)NC1CCCCC1)c1ccncc1)C5=O. The molecule has 0 spiro atoms. The van der Waals surface area contributed by atoms with E-state index in [9.17, 15) is 0 Å². The molecule has 2 unspecified atom stereocenters. The zero-order chi connectivity index (χ0) is 75.8. The van der Waals surface area contributed by atoms with E-state index in [0.29, 0.717) is 66.5 Å². The van der Waals surface area contributed by atoms with Crippen molar-refractivity contribution < 1.29 is 47.7 Å². The monoisotopic (exact) mass is 1430 g/mol. The molecular weight excluding hydrogens is 1340 g/mol. The molecule has 6 amide bonds. The Balaban J connectivity index is 1.15. The van der Waals surface area contributed by atoms with Crippen molar-refractivity contribution in [3.8, 4) is 46.0 Å². The smallest absolute Gasteiger partial charge is 0.262 e. The number of pyridine rings is 1. The Morgan fingerprint density at radius 1 is 0.439 bits per heavy atom. The molecule has 14 rings (SSSR count). The van der Waals surface area contributed by atoms with Crippen LogP contribution in [-0.4, -0.2) is 75.1 Å². The van der Waals surface area contributed by atoms with Crippen LogP contribution in [0.5, 0.6) is 46.0 Å². The molecular formula is C91H94N6O10. The van der Waals surface area contributed by atoms with Crippen LogP contribution in [0.2, 0.25) is 0 Å². The van der Waals surface area contributed by atoms with Gasteiger partial charge in [-0.1, -0.05) is 176 Å². The number of aliphatic imine (C=N–C) groups is 1. The van der Waals surface area contributed by atoms with Crippen LogP contribution in [0.3, 0.4) is 0 Å². The van der Waals surface area contributed by atoms with Crippen LogP contribution in [0.4, 0.5) is 0 Å². The van der Waals surface area contributed by atoms with Gasteiger partial charge in [0.25, 0.3) is 23.6 Å². The molecule has 0 radical (unpaired) electrons. The second-order valence-corrected chi connectivity index (χ2v) is 33.2. The summed E-state index contributed by atoms with van der Waals surface area (Å²) in [4.78, 5) is 108. The highest BCUT2D eigenvalue weighted by atomic mass is 16.5. The van der Waals surface area contributed by atoms with E-state index in [-0.39, 0.29) is 89.8 Å². The molecule has 1 aromatic heterocycles. The van der Waals surface area contributed by atoms with Gasteiger partial charge in [0, 0.05) is 73.8 Å². The minimum atomic E-state index is -1.52. The number of carbonyl (C=O) groups excluding carboxylic acids is 6. The predicted molar refractivity (Wildman–Crippen MR) is 423 cm³/mol. The Kier molecular flexibility index (Phi) is 19.3. The van der Waals surface area contributed by atoms with E-state index in [2.05, 4.69) is 110 Å². The first-order valence-electron chi connectivity index (χ1n) is 37.6. The van der Waals surface area contributed by atoms with Crippen molar-refractivity contribution in [2.24, 2.45) is 4.99 Å². The van der Waals surface area contributed by atoms with Gasteiger partial charge in [-0.15, -0.1) is 0 Å². The van der Waals surface area contributed by atoms with Crippen molar-refractivity contribution in [3.05, 3.63) is 220 Å². The Bertz CT molecular complexity index is 5010. The lowest BCUT2D eigenvalue weighted by molar-refractivity contribution is -0.126. The number of imide groups is 2. The van der Waals surface area contributed by atoms with Crippen molar-refractivity contribution >= 4 is 85.3 Å². The number of nitrogens with one attached hydrogen (secondary N) is 2. The third-order valence-corrected chi connectivity index (χ3v) is 21.7. The summed E-state index contributed by atoms with van der Waals surface area (Å²) < 4.78 is 29.7. The molecule has 2 fully saturated rings. The zero-order valence-electron chi connectivity index (χ0n) is 63.5. The van der Waals surface area contributed by atoms with Crippen LogP contribution in [0, 0.1) is 0 Å². The molecule has 2 saturated carbocycles. The fourth-order valence-corrected chi connectivity index (χ4v) is 15.9. The summed E-state index contributed by atoms with van der Waals surface area (Å²) in [6.07, 6.45) is 16.4. The second-order valence-electron chi connectivity index (χ2n) is 33.2. The van der Waals surface area contributed by atoms with E-state index in [4.69, 9.17) is 18.9 Å². The van der Waals surface area contributed by atoms with E-state index in [0.717, 1.165) is 96.3 Å². The first-order valence-corrected chi connectivity index (χ1v) is 37.6. The van der Waals surface area contributed by atoms with Crippen LogP contribution >= 0.6 is 0 Å². The van der Waals surface area contributed by atoms with Crippen molar-refractivity contribution in [1.82, 2.24) is 25.4 Å². The number of hydrogen-bond acceptors (Lipinski definition) is 12. The molecule has 2 aliphatic carbocycles. The topological polar surface area (TPSA) is 195 Å². The van der Waals surface area contributed by atoms with E-state index in [1.807, 2.05) is 97.1 Å². The van der Waals surface area contributed by atoms with Crippen LogP contribution in [0.25, 0.3) is 43.1 Å². The molecule has 0 saturated heterocycles. The van der Waals surface area contributed by atoms with Gasteiger partial charge in [-0.05, 0) is 185 Å². The molecule has 16 nitrogen and oxygen atoms in total. The fraction of sp³-hybridized carbons (Fsp3) is 0.341. The number of fused-ring (bicyclic) bond motifs is 2. The highest BCUT2D eigenvalue weighted by molar-refractivity contribution is 6.45. The Morgan fingerprint density at radius 2 is 0.748 bits per heavy atom. The molecule has 3 heterocycles. The van der Waals surface area contributed by atoms with Crippen LogP contribution in [0.1, 0.15) is 230 Å². The number of hydrogen-bond donors (Lipinski definition) is 2. The van der Waals surface area contributed by atoms with E-state index < -0.39 is 47.5 Å². The van der Waals surface area contributed by atoms with Gasteiger partial charge in [0.1, 0.15) is 58.1 Å². The molecule has 2 atom stereocenters.